The van der Waals surface area contributed by atoms with E-state index >= 15 is 0 Å². The Morgan fingerprint density at radius 3 is 2.67 bits per heavy atom. The van der Waals surface area contributed by atoms with Gasteiger partial charge in [-0.2, -0.15) is 0 Å². The van der Waals surface area contributed by atoms with E-state index < -0.39 is 5.91 Å². The van der Waals surface area contributed by atoms with E-state index in [2.05, 4.69) is 63.1 Å². The first kappa shape index (κ1) is 20.3. The predicted molar refractivity (Wildman–Crippen MR) is 116 cm³/mol. The Labute approximate surface area is 175 Å². The molecule has 0 atom stereocenters. The first-order chi connectivity index (χ1) is 14.6. The van der Waals surface area contributed by atoms with Gasteiger partial charge in [-0.05, 0) is 43.4 Å². The van der Waals surface area contributed by atoms with Crippen LogP contribution in [0.1, 0.15) is 34.3 Å². The number of hydrogen-bond acceptors (Lipinski definition) is 6. The van der Waals surface area contributed by atoms with Crippen molar-refractivity contribution in [3.63, 3.8) is 0 Å². The number of nitrogens with zero attached hydrogens (tertiary/aromatic N) is 4. The van der Waals surface area contributed by atoms with Crippen molar-refractivity contribution in [3.05, 3.63) is 53.5 Å². The molecule has 1 aliphatic heterocycles. The van der Waals surface area contributed by atoms with Crippen molar-refractivity contribution < 1.29 is 10.0 Å². The number of aromatic nitrogens is 3. The average molecular weight is 409 g/mol. The Hall–Kier alpha value is -2.97. The third kappa shape index (κ3) is 4.15. The van der Waals surface area contributed by atoms with Crippen molar-refractivity contribution in [3.8, 4) is 0 Å². The predicted octanol–water partition coefficient (Wildman–Crippen LogP) is 2.40. The molecule has 1 aliphatic rings. The molecule has 1 fully saturated rings. The highest BCUT2D eigenvalue weighted by Crippen LogP contribution is 2.24. The van der Waals surface area contributed by atoms with Gasteiger partial charge >= 0.3 is 0 Å². The van der Waals surface area contributed by atoms with Crippen LogP contribution in [-0.4, -0.2) is 45.3 Å². The minimum absolute atomic E-state index is 0.240. The average Bonchev–Trinajstić information content (AvgIpc) is 3.10. The Morgan fingerprint density at radius 1 is 1.23 bits per heavy atom. The largest absolute Gasteiger partial charge is 0.350 e. The molecule has 1 amide bonds. The second kappa shape index (κ2) is 8.81. The number of nitrogens with one attached hydrogen (secondary N) is 2. The summed E-state index contributed by atoms with van der Waals surface area (Å²) >= 11 is 0. The van der Waals surface area contributed by atoms with Crippen LogP contribution in [0.15, 0.2) is 36.8 Å². The summed E-state index contributed by atoms with van der Waals surface area (Å²) in [5.41, 5.74) is 5.79. The van der Waals surface area contributed by atoms with E-state index in [0.717, 1.165) is 39.0 Å². The van der Waals surface area contributed by atoms with Gasteiger partial charge in [0.15, 0.2) is 0 Å². The molecule has 1 saturated heterocycles. The van der Waals surface area contributed by atoms with Crippen LogP contribution in [0.4, 0.5) is 5.95 Å². The van der Waals surface area contributed by atoms with Gasteiger partial charge < -0.3 is 14.8 Å². The fraction of sp³-hybridized carbons (Fsp3) is 0.409. The second-order valence-corrected chi connectivity index (χ2v) is 8.01. The molecule has 0 radical (unpaired) electrons. The maximum absolute atomic E-state index is 11.4. The van der Waals surface area contributed by atoms with Crippen LogP contribution in [-0.2, 0) is 13.6 Å². The number of carbonyl (C=O) groups is 1. The Bertz CT molecular complexity index is 1020. The summed E-state index contributed by atoms with van der Waals surface area (Å²) in [4.78, 5) is 22.0. The maximum atomic E-state index is 11.4. The van der Waals surface area contributed by atoms with Crippen LogP contribution < -0.4 is 15.7 Å². The third-order valence-electron chi connectivity index (χ3n) is 5.93. The zero-order valence-electron chi connectivity index (χ0n) is 17.4. The van der Waals surface area contributed by atoms with Gasteiger partial charge in [-0.1, -0.05) is 18.2 Å². The molecule has 0 aliphatic carbocycles. The van der Waals surface area contributed by atoms with Crippen LogP contribution in [0.2, 0.25) is 0 Å². The summed E-state index contributed by atoms with van der Waals surface area (Å²) in [6.45, 7) is 5.81. The number of amides is 1. The zero-order valence-corrected chi connectivity index (χ0v) is 17.4. The molecule has 158 valence electrons. The third-order valence-corrected chi connectivity index (χ3v) is 5.93. The normalized spacial score (nSPS) is 15.0. The Morgan fingerprint density at radius 2 is 1.97 bits per heavy atom. The van der Waals surface area contributed by atoms with Crippen LogP contribution in [0.5, 0.6) is 0 Å². The molecule has 0 unspecified atom stereocenters. The van der Waals surface area contributed by atoms with Crippen molar-refractivity contribution in [2.75, 3.05) is 24.5 Å². The first-order valence-electron chi connectivity index (χ1n) is 10.3. The number of anilines is 1. The number of piperidine rings is 1. The van der Waals surface area contributed by atoms with E-state index in [-0.39, 0.29) is 5.56 Å². The molecule has 8 nitrogen and oxygen atoms in total. The summed E-state index contributed by atoms with van der Waals surface area (Å²) in [7, 11) is 2.11. The summed E-state index contributed by atoms with van der Waals surface area (Å²) in [6, 6.07) is 6.49. The lowest BCUT2D eigenvalue weighted by Gasteiger charge is -2.32. The van der Waals surface area contributed by atoms with Crippen molar-refractivity contribution >= 4 is 22.8 Å². The SMILES string of the molecule is Cc1cccc2c(CNCC3CCN(c4ncc(C(=O)NO)cn4)CC3)cn(C)c12. The van der Waals surface area contributed by atoms with Gasteiger partial charge in [-0.25, -0.2) is 15.4 Å². The molecule has 2 aromatic heterocycles. The van der Waals surface area contributed by atoms with Crippen molar-refractivity contribution in [2.24, 2.45) is 13.0 Å². The highest BCUT2D eigenvalue weighted by Gasteiger charge is 2.21. The molecule has 3 aromatic rings. The number of benzene rings is 1. The minimum atomic E-state index is -0.604. The fourth-order valence-corrected chi connectivity index (χ4v) is 4.31. The molecule has 3 heterocycles. The van der Waals surface area contributed by atoms with Gasteiger partial charge in [0.05, 0.1) is 11.1 Å². The van der Waals surface area contributed by atoms with E-state index in [0.29, 0.717) is 11.9 Å². The molecule has 0 bridgehead atoms. The highest BCUT2D eigenvalue weighted by atomic mass is 16.5. The van der Waals surface area contributed by atoms with E-state index in [1.165, 1.54) is 34.4 Å². The van der Waals surface area contributed by atoms with Gasteiger partial charge in [-0.15, -0.1) is 0 Å². The monoisotopic (exact) mass is 408 g/mol. The Balaban J connectivity index is 1.28. The summed E-state index contributed by atoms with van der Waals surface area (Å²) < 4.78 is 2.22. The number of hydrogen-bond donors (Lipinski definition) is 3. The smallest absolute Gasteiger partial charge is 0.277 e. The molecular formula is C22H28N6O2. The standard InChI is InChI=1S/C22H28N6O2/c1-15-4-3-5-19-18(14-27(2)20(15)19)11-23-10-16-6-8-28(9-7-16)22-24-12-17(13-25-22)21(29)26-30/h3-5,12-14,16,23,30H,6-11H2,1-2H3,(H,26,29). The second-order valence-electron chi connectivity index (χ2n) is 8.01. The quantitative estimate of drug-likeness (QED) is 0.428. The first-order valence-corrected chi connectivity index (χ1v) is 10.3. The van der Waals surface area contributed by atoms with Crippen molar-refractivity contribution in [1.82, 2.24) is 25.3 Å². The molecule has 4 rings (SSSR count). The van der Waals surface area contributed by atoms with Gasteiger partial charge in [0.25, 0.3) is 5.91 Å². The summed E-state index contributed by atoms with van der Waals surface area (Å²) in [6.07, 6.45) is 7.25. The Kier molecular flexibility index (Phi) is 5.96. The number of para-hydroxylation sites is 1. The summed E-state index contributed by atoms with van der Waals surface area (Å²) in [5.74, 6) is 0.645. The number of carbonyl (C=O) groups excluding carboxylic acids is 1. The maximum Gasteiger partial charge on any atom is 0.277 e. The highest BCUT2D eigenvalue weighted by molar-refractivity contribution is 5.92. The van der Waals surface area contributed by atoms with Crippen LogP contribution >= 0.6 is 0 Å². The van der Waals surface area contributed by atoms with Crippen LogP contribution in [0.25, 0.3) is 10.9 Å². The summed E-state index contributed by atoms with van der Waals surface area (Å²) in [5, 5.41) is 13.6. The minimum Gasteiger partial charge on any atom is -0.350 e. The van der Waals surface area contributed by atoms with Gasteiger partial charge in [0, 0.05) is 50.7 Å². The molecule has 8 heteroatoms. The van der Waals surface area contributed by atoms with Crippen LogP contribution in [0, 0.1) is 12.8 Å². The van der Waals surface area contributed by atoms with E-state index in [9.17, 15) is 4.79 Å². The molecule has 1 aromatic carbocycles. The lowest BCUT2D eigenvalue weighted by atomic mass is 9.97. The fourth-order valence-electron chi connectivity index (χ4n) is 4.31. The van der Waals surface area contributed by atoms with E-state index in [4.69, 9.17) is 5.21 Å². The van der Waals surface area contributed by atoms with Gasteiger partial charge in [0.1, 0.15) is 0 Å². The van der Waals surface area contributed by atoms with Crippen molar-refractivity contribution in [2.45, 2.75) is 26.3 Å². The van der Waals surface area contributed by atoms with E-state index in [1.54, 1.807) is 5.48 Å². The molecule has 30 heavy (non-hydrogen) atoms. The number of rotatable bonds is 6. The number of fused-ring (bicyclic) bond motifs is 1. The number of hydroxylamine groups is 1. The van der Waals surface area contributed by atoms with Crippen LogP contribution in [0.3, 0.4) is 0 Å². The van der Waals surface area contributed by atoms with Gasteiger partial charge in [-0.3, -0.25) is 10.0 Å². The van der Waals surface area contributed by atoms with E-state index in [1.807, 2.05) is 0 Å². The topological polar surface area (TPSA) is 95.3 Å². The lowest BCUT2D eigenvalue weighted by molar-refractivity contribution is 0.0705. The molecule has 3 N–H and O–H groups in total. The van der Waals surface area contributed by atoms with Crippen molar-refractivity contribution in [1.29, 1.82) is 0 Å². The zero-order chi connectivity index (χ0) is 21.1. The molecular weight excluding hydrogens is 380 g/mol. The lowest BCUT2D eigenvalue weighted by Crippen LogP contribution is -2.38. The van der Waals surface area contributed by atoms with Gasteiger partial charge in [0.2, 0.25) is 5.95 Å². The number of aryl methyl sites for hydroxylation is 2. The molecule has 0 saturated carbocycles. The molecule has 0 spiro atoms.